The number of methoxy groups -OCH3 is 1. The summed E-state index contributed by atoms with van der Waals surface area (Å²) in [5.41, 5.74) is 2.00. The number of likely N-dealkylation sites (tertiary alicyclic amines) is 1. The summed E-state index contributed by atoms with van der Waals surface area (Å²) in [5.74, 6) is -2.98. The van der Waals surface area contributed by atoms with Gasteiger partial charge >= 0.3 is 5.97 Å². The molecule has 2 aromatic rings. The summed E-state index contributed by atoms with van der Waals surface area (Å²) in [6, 6.07) is 19.0. The number of hydrogen-bond donors (Lipinski definition) is 0. The molecule has 1 fully saturated rings. The Hall–Kier alpha value is -2.95. The van der Waals surface area contributed by atoms with Gasteiger partial charge in [0.1, 0.15) is 0 Å². The molecule has 1 aliphatic heterocycles. The highest BCUT2D eigenvalue weighted by Crippen LogP contribution is 2.26. The van der Waals surface area contributed by atoms with Gasteiger partial charge in [-0.2, -0.15) is 0 Å². The zero-order valence-corrected chi connectivity index (χ0v) is 14.6. The van der Waals surface area contributed by atoms with E-state index in [0.29, 0.717) is 13.0 Å². The molecule has 26 heavy (non-hydrogen) atoms. The van der Waals surface area contributed by atoms with Crippen LogP contribution in [0.15, 0.2) is 60.7 Å². The van der Waals surface area contributed by atoms with Gasteiger partial charge in [0.2, 0.25) is 5.91 Å². The maximum Gasteiger partial charge on any atom is 0.325 e. The van der Waals surface area contributed by atoms with E-state index in [9.17, 15) is 14.4 Å². The molecule has 1 saturated heterocycles. The van der Waals surface area contributed by atoms with Crippen molar-refractivity contribution in [3.63, 3.8) is 0 Å². The fourth-order valence-electron chi connectivity index (χ4n) is 3.35. The first-order chi connectivity index (χ1) is 12.6. The first kappa shape index (κ1) is 17.9. The molecule has 0 aromatic heterocycles. The summed E-state index contributed by atoms with van der Waals surface area (Å²) < 4.78 is 4.68. The highest BCUT2D eigenvalue weighted by Gasteiger charge is 2.45. The topological polar surface area (TPSA) is 63.7 Å². The Kier molecular flexibility index (Phi) is 5.46. The number of amides is 1. The van der Waals surface area contributed by atoms with Gasteiger partial charge in [0.05, 0.1) is 7.11 Å². The van der Waals surface area contributed by atoms with Gasteiger partial charge in [-0.25, -0.2) is 0 Å². The lowest BCUT2D eigenvalue weighted by atomic mass is 9.87. The lowest BCUT2D eigenvalue weighted by molar-refractivity contribution is -0.162. The van der Waals surface area contributed by atoms with E-state index in [2.05, 4.69) is 4.74 Å². The van der Waals surface area contributed by atoms with Crippen LogP contribution in [0.2, 0.25) is 0 Å². The highest BCUT2D eigenvalue weighted by atomic mass is 16.5. The van der Waals surface area contributed by atoms with Gasteiger partial charge in [-0.05, 0) is 17.5 Å². The number of ketones is 1. The van der Waals surface area contributed by atoms with Gasteiger partial charge in [0.25, 0.3) is 0 Å². The molecule has 3 rings (SSSR count). The maximum atomic E-state index is 12.9. The Morgan fingerprint density at radius 2 is 1.58 bits per heavy atom. The zero-order valence-electron chi connectivity index (χ0n) is 14.6. The van der Waals surface area contributed by atoms with E-state index >= 15 is 0 Å². The minimum absolute atomic E-state index is 0.146. The number of carbonyl (C=O) groups is 3. The van der Waals surface area contributed by atoms with Gasteiger partial charge in [0, 0.05) is 19.0 Å². The Morgan fingerprint density at radius 3 is 2.15 bits per heavy atom. The number of Topliss-reactive ketones (excluding diaryl/α,β-unsaturated/α-hetero) is 1. The van der Waals surface area contributed by atoms with Crippen LogP contribution in [-0.4, -0.2) is 35.7 Å². The Bertz CT molecular complexity index is 788. The maximum absolute atomic E-state index is 12.9. The molecule has 1 unspecified atom stereocenters. The molecule has 1 heterocycles. The molecular weight excluding hydrogens is 330 g/mol. The second-order valence-electron chi connectivity index (χ2n) is 6.42. The van der Waals surface area contributed by atoms with Crippen molar-refractivity contribution < 1.29 is 19.1 Å². The summed E-state index contributed by atoms with van der Waals surface area (Å²) in [6.45, 7) is 0.359. The number of carbonyl (C=O) groups excluding carboxylic acids is 3. The van der Waals surface area contributed by atoms with Crippen LogP contribution >= 0.6 is 0 Å². The first-order valence-corrected chi connectivity index (χ1v) is 8.59. The largest absolute Gasteiger partial charge is 0.468 e. The molecule has 134 valence electrons. The molecular formula is C21H21NO4. The number of piperidine rings is 1. The van der Waals surface area contributed by atoms with Crippen LogP contribution < -0.4 is 0 Å². The van der Waals surface area contributed by atoms with Crippen molar-refractivity contribution in [2.24, 2.45) is 5.92 Å². The van der Waals surface area contributed by atoms with E-state index < -0.39 is 17.8 Å². The van der Waals surface area contributed by atoms with Crippen LogP contribution in [0.25, 0.3) is 0 Å². The normalized spacial score (nSPS) is 20.1. The van der Waals surface area contributed by atoms with Crippen molar-refractivity contribution in [1.82, 2.24) is 4.90 Å². The van der Waals surface area contributed by atoms with Crippen molar-refractivity contribution in [1.29, 1.82) is 0 Å². The SMILES string of the molecule is COC(=O)C1C(=O)C[C@@H](Cc2ccccc2)N(Cc2ccccc2)C1=O. The molecule has 0 spiro atoms. The van der Waals surface area contributed by atoms with E-state index in [0.717, 1.165) is 11.1 Å². The average Bonchev–Trinajstić information content (AvgIpc) is 2.66. The average molecular weight is 351 g/mol. The van der Waals surface area contributed by atoms with Crippen molar-refractivity contribution in [3.05, 3.63) is 71.8 Å². The molecule has 2 aromatic carbocycles. The third-order valence-electron chi connectivity index (χ3n) is 4.68. The molecule has 5 heteroatoms. The first-order valence-electron chi connectivity index (χ1n) is 8.59. The van der Waals surface area contributed by atoms with E-state index in [1.54, 1.807) is 4.90 Å². The summed E-state index contributed by atoms with van der Waals surface area (Å²) in [6.07, 6.45) is 0.715. The van der Waals surface area contributed by atoms with Gasteiger partial charge in [-0.1, -0.05) is 60.7 Å². The summed E-state index contributed by atoms with van der Waals surface area (Å²) >= 11 is 0. The fraction of sp³-hybridized carbons (Fsp3) is 0.286. The number of nitrogens with zero attached hydrogens (tertiary/aromatic N) is 1. The Morgan fingerprint density at radius 1 is 1.00 bits per heavy atom. The van der Waals surface area contributed by atoms with Gasteiger partial charge in [-0.15, -0.1) is 0 Å². The summed E-state index contributed by atoms with van der Waals surface area (Å²) in [5, 5.41) is 0. The number of rotatable bonds is 5. The van der Waals surface area contributed by atoms with Gasteiger partial charge in [0.15, 0.2) is 11.7 Å². The molecule has 1 amide bonds. The van der Waals surface area contributed by atoms with Crippen molar-refractivity contribution in [2.75, 3.05) is 7.11 Å². The van der Waals surface area contributed by atoms with E-state index in [1.807, 2.05) is 60.7 Å². The van der Waals surface area contributed by atoms with E-state index in [-0.39, 0.29) is 18.2 Å². The lowest BCUT2D eigenvalue weighted by Gasteiger charge is -2.38. The molecule has 0 aliphatic carbocycles. The fourth-order valence-corrected chi connectivity index (χ4v) is 3.35. The minimum Gasteiger partial charge on any atom is -0.468 e. The monoisotopic (exact) mass is 351 g/mol. The quantitative estimate of drug-likeness (QED) is 0.613. The van der Waals surface area contributed by atoms with E-state index in [4.69, 9.17) is 0 Å². The number of esters is 1. The highest BCUT2D eigenvalue weighted by molar-refractivity contribution is 6.18. The van der Waals surface area contributed by atoms with Gasteiger partial charge < -0.3 is 9.64 Å². The second-order valence-corrected chi connectivity index (χ2v) is 6.42. The number of benzene rings is 2. The molecule has 1 aliphatic rings. The third kappa shape index (κ3) is 3.82. The van der Waals surface area contributed by atoms with Crippen LogP contribution in [0.4, 0.5) is 0 Å². The predicted octanol–water partition coefficient (Wildman–Crippen LogP) is 2.39. The zero-order chi connectivity index (χ0) is 18.5. The summed E-state index contributed by atoms with van der Waals surface area (Å²) in [7, 11) is 1.19. The molecule has 0 saturated carbocycles. The minimum atomic E-state index is -1.35. The Labute approximate surface area is 152 Å². The van der Waals surface area contributed by atoms with Crippen LogP contribution in [0.5, 0.6) is 0 Å². The van der Waals surface area contributed by atoms with Crippen LogP contribution in [-0.2, 0) is 32.1 Å². The van der Waals surface area contributed by atoms with E-state index in [1.165, 1.54) is 7.11 Å². The summed E-state index contributed by atoms with van der Waals surface area (Å²) in [4.78, 5) is 39.0. The molecule has 5 nitrogen and oxygen atoms in total. The third-order valence-corrected chi connectivity index (χ3v) is 4.68. The molecule has 0 N–H and O–H groups in total. The smallest absolute Gasteiger partial charge is 0.325 e. The molecule has 0 bridgehead atoms. The second kappa shape index (κ2) is 7.95. The van der Waals surface area contributed by atoms with Crippen LogP contribution in [0.1, 0.15) is 17.5 Å². The molecule has 2 atom stereocenters. The van der Waals surface area contributed by atoms with Gasteiger partial charge in [-0.3, -0.25) is 14.4 Å². The number of ether oxygens (including phenoxy) is 1. The standard InChI is InChI=1S/C21H21NO4/c1-26-21(25)19-18(23)13-17(12-15-8-4-2-5-9-15)22(20(19)24)14-16-10-6-3-7-11-16/h2-11,17,19H,12-14H2,1H3/t17-,19?/m1/s1. The van der Waals surface area contributed by atoms with Crippen molar-refractivity contribution >= 4 is 17.7 Å². The predicted molar refractivity (Wildman–Crippen MR) is 96.1 cm³/mol. The van der Waals surface area contributed by atoms with Crippen LogP contribution in [0, 0.1) is 5.92 Å². The van der Waals surface area contributed by atoms with Crippen molar-refractivity contribution in [2.45, 2.75) is 25.4 Å². The Balaban J connectivity index is 1.89. The van der Waals surface area contributed by atoms with Crippen molar-refractivity contribution in [3.8, 4) is 0 Å². The lowest BCUT2D eigenvalue weighted by Crippen LogP contribution is -2.54. The van der Waals surface area contributed by atoms with Crippen LogP contribution in [0.3, 0.4) is 0 Å². The molecule has 0 radical (unpaired) electrons. The number of hydrogen-bond acceptors (Lipinski definition) is 4.